The van der Waals surface area contributed by atoms with Gasteiger partial charge in [-0.05, 0) is 41.9 Å². The highest BCUT2D eigenvalue weighted by atomic mass is 32.2. The molecule has 1 atom stereocenters. The SMILES string of the molecule is CCc1ccc(CN)cc1S(=O)(=O)N1CCC(C(C)C)C1. The molecule has 0 amide bonds. The van der Waals surface area contributed by atoms with Gasteiger partial charge in [0.1, 0.15) is 0 Å². The van der Waals surface area contributed by atoms with E-state index in [4.69, 9.17) is 5.73 Å². The zero-order valence-corrected chi connectivity index (χ0v) is 14.0. The van der Waals surface area contributed by atoms with Crippen LogP contribution in [0.15, 0.2) is 23.1 Å². The summed E-state index contributed by atoms with van der Waals surface area (Å²) in [5.41, 5.74) is 7.40. The number of nitrogens with two attached hydrogens (primary N) is 1. The minimum absolute atomic E-state index is 0.362. The summed E-state index contributed by atoms with van der Waals surface area (Å²) in [6.07, 6.45) is 1.66. The summed E-state index contributed by atoms with van der Waals surface area (Å²) in [7, 11) is -3.40. The van der Waals surface area contributed by atoms with Crippen LogP contribution in [0, 0.1) is 11.8 Å². The number of hydrogen-bond acceptors (Lipinski definition) is 3. The van der Waals surface area contributed by atoms with Crippen LogP contribution in [0.1, 0.15) is 38.3 Å². The van der Waals surface area contributed by atoms with E-state index in [0.29, 0.717) is 42.8 Å². The van der Waals surface area contributed by atoms with Crippen molar-refractivity contribution in [2.75, 3.05) is 13.1 Å². The van der Waals surface area contributed by atoms with Gasteiger partial charge in [0.25, 0.3) is 0 Å². The quantitative estimate of drug-likeness (QED) is 0.908. The first-order valence-electron chi connectivity index (χ1n) is 7.72. The molecule has 21 heavy (non-hydrogen) atoms. The number of nitrogens with zero attached hydrogens (tertiary/aromatic N) is 1. The molecule has 1 saturated heterocycles. The number of hydrogen-bond donors (Lipinski definition) is 1. The first-order valence-corrected chi connectivity index (χ1v) is 9.16. The van der Waals surface area contributed by atoms with Crippen molar-refractivity contribution in [1.29, 1.82) is 0 Å². The zero-order valence-electron chi connectivity index (χ0n) is 13.2. The summed E-state index contributed by atoms with van der Waals surface area (Å²) < 4.78 is 27.5. The third-order valence-corrected chi connectivity index (χ3v) is 6.44. The number of benzene rings is 1. The molecule has 0 aromatic heterocycles. The van der Waals surface area contributed by atoms with Crippen LogP contribution >= 0.6 is 0 Å². The molecule has 118 valence electrons. The van der Waals surface area contributed by atoms with E-state index in [-0.39, 0.29) is 0 Å². The van der Waals surface area contributed by atoms with Crippen LogP contribution in [0.2, 0.25) is 0 Å². The smallest absolute Gasteiger partial charge is 0.243 e. The van der Waals surface area contributed by atoms with Crippen LogP contribution in [0.25, 0.3) is 0 Å². The highest BCUT2D eigenvalue weighted by molar-refractivity contribution is 7.89. The van der Waals surface area contributed by atoms with Crippen molar-refractivity contribution in [3.8, 4) is 0 Å². The highest BCUT2D eigenvalue weighted by Gasteiger charge is 2.34. The lowest BCUT2D eigenvalue weighted by Gasteiger charge is -2.20. The molecule has 1 heterocycles. The predicted octanol–water partition coefficient (Wildman–Crippen LogP) is 2.37. The molecule has 5 heteroatoms. The van der Waals surface area contributed by atoms with Gasteiger partial charge < -0.3 is 5.73 Å². The molecule has 1 fully saturated rings. The Kier molecular flexibility index (Phi) is 5.07. The molecule has 0 spiro atoms. The summed E-state index contributed by atoms with van der Waals surface area (Å²) in [4.78, 5) is 0.442. The van der Waals surface area contributed by atoms with Crippen LogP contribution in [0.4, 0.5) is 0 Å². The van der Waals surface area contributed by atoms with Crippen LogP contribution in [0.5, 0.6) is 0 Å². The van der Waals surface area contributed by atoms with E-state index >= 15 is 0 Å². The molecule has 0 saturated carbocycles. The van der Waals surface area contributed by atoms with Crippen molar-refractivity contribution in [3.05, 3.63) is 29.3 Å². The van der Waals surface area contributed by atoms with Gasteiger partial charge in [-0.3, -0.25) is 0 Å². The topological polar surface area (TPSA) is 63.4 Å². The Hall–Kier alpha value is -0.910. The molecule has 1 aliphatic rings. The van der Waals surface area contributed by atoms with E-state index < -0.39 is 10.0 Å². The normalized spacial score (nSPS) is 20.3. The van der Waals surface area contributed by atoms with Gasteiger partial charge in [0.15, 0.2) is 0 Å². The minimum Gasteiger partial charge on any atom is -0.326 e. The van der Waals surface area contributed by atoms with E-state index in [2.05, 4.69) is 13.8 Å². The second kappa shape index (κ2) is 6.46. The molecule has 4 nitrogen and oxygen atoms in total. The van der Waals surface area contributed by atoms with Crippen molar-refractivity contribution < 1.29 is 8.42 Å². The number of sulfonamides is 1. The van der Waals surface area contributed by atoms with Gasteiger partial charge in [0.2, 0.25) is 10.0 Å². The molecule has 0 bridgehead atoms. The van der Waals surface area contributed by atoms with Crippen LogP contribution in [-0.4, -0.2) is 25.8 Å². The highest BCUT2D eigenvalue weighted by Crippen LogP contribution is 2.30. The Balaban J connectivity index is 2.36. The molecule has 0 radical (unpaired) electrons. The van der Waals surface area contributed by atoms with Crippen LogP contribution in [0.3, 0.4) is 0 Å². The first-order chi connectivity index (χ1) is 9.90. The lowest BCUT2D eigenvalue weighted by molar-refractivity contribution is 0.388. The number of aryl methyl sites for hydroxylation is 1. The monoisotopic (exact) mass is 310 g/mol. The second-order valence-corrected chi connectivity index (χ2v) is 8.06. The van der Waals surface area contributed by atoms with E-state index in [1.165, 1.54) is 0 Å². The molecule has 2 rings (SSSR count). The van der Waals surface area contributed by atoms with Gasteiger partial charge in [-0.2, -0.15) is 4.31 Å². The maximum absolute atomic E-state index is 12.9. The van der Waals surface area contributed by atoms with Gasteiger partial charge in [-0.1, -0.05) is 32.9 Å². The maximum atomic E-state index is 12.9. The predicted molar refractivity (Wildman–Crippen MR) is 85.4 cm³/mol. The average Bonchev–Trinajstić information content (AvgIpc) is 2.97. The molecular formula is C16H26N2O2S. The van der Waals surface area contributed by atoms with E-state index in [1.54, 1.807) is 10.4 Å². The fraction of sp³-hybridized carbons (Fsp3) is 0.625. The summed E-state index contributed by atoms with van der Waals surface area (Å²) in [6.45, 7) is 7.93. The molecular weight excluding hydrogens is 284 g/mol. The summed E-state index contributed by atoms with van der Waals surface area (Å²) in [5, 5.41) is 0. The van der Waals surface area contributed by atoms with E-state index in [1.807, 2.05) is 19.1 Å². The van der Waals surface area contributed by atoms with Crippen molar-refractivity contribution >= 4 is 10.0 Å². The fourth-order valence-electron chi connectivity index (χ4n) is 2.91. The minimum atomic E-state index is -3.40. The van der Waals surface area contributed by atoms with Gasteiger partial charge in [0.05, 0.1) is 4.90 Å². The molecule has 1 aromatic rings. The lowest BCUT2D eigenvalue weighted by atomic mass is 9.96. The van der Waals surface area contributed by atoms with Crippen molar-refractivity contribution in [3.63, 3.8) is 0 Å². The molecule has 1 aliphatic heterocycles. The van der Waals surface area contributed by atoms with Crippen molar-refractivity contribution in [2.45, 2.75) is 45.1 Å². The van der Waals surface area contributed by atoms with Gasteiger partial charge in [0, 0.05) is 19.6 Å². The maximum Gasteiger partial charge on any atom is 0.243 e. The van der Waals surface area contributed by atoms with E-state index in [0.717, 1.165) is 17.5 Å². The molecule has 1 unspecified atom stereocenters. The largest absolute Gasteiger partial charge is 0.326 e. The molecule has 0 aliphatic carbocycles. The third kappa shape index (κ3) is 3.30. The Morgan fingerprint density at radius 2 is 2.10 bits per heavy atom. The molecule has 2 N–H and O–H groups in total. The fourth-order valence-corrected chi connectivity index (χ4v) is 4.77. The Bertz CT molecular complexity index is 596. The standard InChI is InChI=1S/C16H26N2O2S/c1-4-14-6-5-13(10-17)9-16(14)21(19,20)18-8-7-15(11-18)12(2)3/h5-6,9,12,15H,4,7-8,10-11,17H2,1-3H3. The molecule has 1 aromatic carbocycles. The Morgan fingerprint density at radius 3 is 2.62 bits per heavy atom. The summed E-state index contributed by atoms with van der Waals surface area (Å²) in [5.74, 6) is 0.980. The Morgan fingerprint density at radius 1 is 1.38 bits per heavy atom. The van der Waals surface area contributed by atoms with Crippen LogP contribution < -0.4 is 5.73 Å². The average molecular weight is 310 g/mol. The van der Waals surface area contributed by atoms with Gasteiger partial charge in [-0.15, -0.1) is 0 Å². The summed E-state index contributed by atoms with van der Waals surface area (Å²) in [6, 6.07) is 5.56. The van der Waals surface area contributed by atoms with Gasteiger partial charge >= 0.3 is 0 Å². The van der Waals surface area contributed by atoms with Crippen molar-refractivity contribution in [2.24, 2.45) is 17.6 Å². The van der Waals surface area contributed by atoms with E-state index in [9.17, 15) is 8.42 Å². The van der Waals surface area contributed by atoms with Gasteiger partial charge in [-0.25, -0.2) is 8.42 Å². The van der Waals surface area contributed by atoms with Crippen molar-refractivity contribution in [1.82, 2.24) is 4.31 Å². The Labute approximate surface area is 128 Å². The first kappa shape index (κ1) is 16.5. The lowest BCUT2D eigenvalue weighted by Crippen LogP contribution is -2.30. The third-order valence-electron chi connectivity index (χ3n) is 4.50. The number of rotatable bonds is 5. The summed E-state index contributed by atoms with van der Waals surface area (Å²) >= 11 is 0. The zero-order chi connectivity index (χ0) is 15.6. The second-order valence-electron chi connectivity index (χ2n) is 6.16. The van der Waals surface area contributed by atoms with Crippen LogP contribution in [-0.2, 0) is 23.0 Å².